The third-order valence-corrected chi connectivity index (χ3v) is 6.12. The number of nitrogens with zero attached hydrogens (tertiary/aromatic N) is 3. The second-order valence-electron chi connectivity index (χ2n) is 7.90. The first-order chi connectivity index (χ1) is 13.5. The normalized spacial score (nSPS) is 26.7. The minimum Gasteiger partial charge on any atom is -0.506 e. The Kier molecular flexibility index (Phi) is 4.01. The number of hydrogen-bond donors (Lipinski definition) is 2. The summed E-state index contributed by atoms with van der Waals surface area (Å²) in [7, 11) is 1.88. The van der Waals surface area contributed by atoms with Crippen LogP contribution in [0.1, 0.15) is 25.0 Å². The van der Waals surface area contributed by atoms with Crippen LogP contribution in [0.15, 0.2) is 35.0 Å². The number of aryl methyl sites for hydroxylation is 1. The van der Waals surface area contributed by atoms with Gasteiger partial charge in [0.15, 0.2) is 0 Å². The minimum atomic E-state index is -0.916. The number of fused-ring (bicyclic) bond motifs is 3. The highest BCUT2D eigenvalue weighted by Gasteiger charge is 2.43. The van der Waals surface area contributed by atoms with Gasteiger partial charge in [0.2, 0.25) is 0 Å². The van der Waals surface area contributed by atoms with Crippen LogP contribution in [-0.4, -0.2) is 46.4 Å². The van der Waals surface area contributed by atoms with Gasteiger partial charge < -0.3 is 19.7 Å². The number of anilines is 1. The lowest BCUT2D eigenvalue weighted by atomic mass is 9.96. The van der Waals surface area contributed by atoms with E-state index in [0.717, 1.165) is 25.0 Å². The van der Waals surface area contributed by atoms with E-state index in [1.54, 1.807) is 24.5 Å². The molecule has 0 amide bonds. The van der Waals surface area contributed by atoms with Crippen LogP contribution in [0, 0.1) is 6.92 Å². The Bertz CT molecular complexity index is 1020. The molecule has 2 aliphatic rings. The van der Waals surface area contributed by atoms with Gasteiger partial charge in [0.1, 0.15) is 29.1 Å². The summed E-state index contributed by atoms with van der Waals surface area (Å²) in [6, 6.07) is 5.53. The van der Waals surface area contributed by atoms with Crippen molar-refractivity contribution in [2.75, 3.05) is 11.9 Å². The Balaban J connectivity index is 1.42. The van der Waals surface area contributed by atoms with E-state index in [-0.39, 0.29) is 17.8 Å². The molecule has 146 valence electrons. The van der Waals surface area contributed by atoms with Crippen molar-refractivity contribution in [2.45, 2.75) is 50.5 Å². The Hall–Kier alpha value is -2.67. The first-order valence-corrected chi connectivity index (χ1v) is 9.69. The van der Waals surface area contributed by atoms with Crippen LogP contribution in [-0.2, 0) is 0 Å². The second-order valence-corrected chi connectivity index (χ2v) is 7.90. The van der Waals surface area contributed by atoms with E-state index in [4.69, 9.17) is 4.42 Å². The van der Waals surface area contributed by atoms with Crippen molar-refractivity contribution in [3.05, 3.63) is 36.4 Å². The number of aromatic hydroxyl groups is 1. The number of furan rings is 1. The van der Waals surface area contributed by atoms with Crippen molar-refractivity contribution in [1.82, 2.24) is 15.3 Å². The number of phenolic OH excluding ortho intramolecular Hbond substituents is 1. The Morgan fingerprint density at radius 1 is 1.25 bits per heavy atom. The van der Waals surface area contributed by atoms with Crippen LogP contribution in [0.25, 0.3) is 22.2 Å². The second kappa shape index (κ2) is 6.44. The van der Waals surface area contributed by atoms with Gasteiger partial charge in [-0.25, -0.2) is 9.37 Å². The lowest BCUT2D eigenvalue weighted by molar-refractivity contribution is 0.176. The van der Waals surface area contributed by atoms with Gasteiger partial charge in [0.25, 0.3) is 0 Å². The van der Waals surface area contributed by atoms with E-state index in [1.807, 2.05) is 24.9 Å². The van der Waals surface area contributed by atoms with Crippen LogP contribution in [0.5, 0.6) is 5.75 Å². The molecule has 2 aliphatic heterocycles. The number of hydrogen-bond acceptors (Lipinski definition) is 6. The third-order valence-electron chi connectivity index (χ3n) is 6.12. The molecule has 0 radical (unpaired) electrons. The molecule has 2 bridgehead atoms. The number of alkyl halides is 1. The SMILES string of the molecule is Cc1cc2c(O)c(-c3cnc(N(C)[C@H]4CC5CCC(N5)[C@H]4F)cn3)ccc2o1. The number of nitrogens with one attached hydrogen (secondary N) is 1. The van der Waals surface area contributed by atoms with Gasteiger partial charge in [-0.05, 0) is 44.4 Å². The van der Waals surface area contributed by atoms with E-state index in [0.29, 0.717) is 34.1 Å². The summed E-state index contributed by atoms with van der Waals surface area (Å²) in [5.74, 6) is 1.50. The zero-order chi connectivity index (χ0) is 19.4. The standard InChI is InChI=1S/C21H23FN4O2/c1-11-7-14-18(28-11)6-4-13(21(14)27)16-9-24-19(10-23-16)26(2)17-8-12-3-5-15(25-12)20(17)22/h4,6-7,9-10,12,15,17,20,25,27H,3,5,8H2,1-2H3/t12?,15?,17-,20+/m0/s1. The van der Waals surface area contributed by atoms with Gasteiger partial charge in [0, 0.05) is 24.7 Å². The highest BCUT2D eigenvalue weighted by atomic mass is 19.1. The van der Waals surface area contributed by atoms with Crippen LogP contribution in [0.4, 0.5) is 10.2 Å². The molecule has 2 aromatic heterocycles. The molecule has 0 spiro atoms. The summed E-state index contributed by atoms with van der Waals surface area (Å²) in [5.41, 5.74) is 1.80. The molecule has 2 saturated heterocycles. The van der Waals surface area contributed by atoms with Crippen molar-refractivity contribution in [3.63, 3.8) is 0 Å². The molecular formula is C21H23FN4O2. The van der Waals surface area contributed by atoms with Gasteiger partial charge in [-0.3, -0.25) is 4.98 Å². The zero-order valence-corrected chi connectivity index (χ0v) is 15.9. The maximum Gasteiger partial charge on any atom is 0.147 e. The smallest absolute Gasteiger partial charge is 0.147 e. The van der Waals surface area contributed by atoms with E-state index in [9.17, 15) is 9.50 Å². The summed E-state index contributed by atoms with van der Waals surface area (Å²) < 4.78 is 20.4. The molecule has 4 atom stereocenters. The summed E-state index contributed by atoms with van der Waals surface area (Å²) in [6.07, 6.45) is 5.07. The monoisotopic (exact) mass is 382 g/mol. The average molecular weight is 382 g/mol. The van der Waals surface area contributed by atoms with Crippen molar-refractivity contribution in [1.29, 1.82) is 0 Å². The predicted molar refractivity (Wildman–Crippen MR) is 105 cm³/mol. The molecule has 1 aromatic carbocycles. The van der Waals surface area contributed by atoms with Crippen LogP contribution >= 0.6 is 0 Å². The molecule has 6 nitrogen and oxygen atoms in total. The number of piperidine rings is 1. The predicted octanol–water partition coefficient (Wildman–Crippen LogP) is 3.57. The van der Waals surface area contributed by atoms with E-state index < -0.39 is 6.17 Å². The summed E-state index contributed by atoms with van der Waals surface area (Å²) >= 11 is 0. The van der Waals surface area contributed by atoms with Crippen molar-refractivity contribution < 1.29 is 13.9 Å². The largest absolute Gasteiger partial charge is 0.506 e. The quantitative estimate of drug-likeness (QED) is 0.721. The molecule has 2 fully saturated rings. The highest BCUT2D eigenvalue weighted by molar-refractivity contribution is 5.91. The Morgan fingerprint density at radius 2 is 2.11 bits per heavy atom. The van der Waals surface area contributed by atoms with Crippen molar-refractivity contribution in [3.8, 4) is 17.0 Å². The van der Waals surface area contributed by atoms with E-state index in [2.05, 4.69) is 15.3 Å². The molecule has 7 heteroatoms. The Morgan fingerprint density at radius 3 is 2.89 bits per heavy atom. The zero-order valence-electron chi connectivity index (χ0n) is 15.9. The van der Waals surface area contributed by atoms with Gasteiger partial charge >= 0.3 is 0 Å². The van der Waals surface area contributed by atoms with Gasteiger partial charge in [-0.2, -0.15) is 0 Å². The number of benzene rings is 1. The minimum absolute atomic E-state index is 0.0551. The van der Waals surface area contributed by atoms with Gasteiger partial charge in [-0.15, -0.1) is 0 Å². The average Bonchev–Trinajstić information content (AvgIpc) is 3.28. The maximum absolute atomic E-state index is 14.8. The highest BCUT2D eigenvalue weighted by Crippen LogP contribution is 2.37. The number of rotatable bonds is 3. The molecule has 28 heavy (non-hydrogen) atoms. The fraction of sp³-hybridized carbons (Fsp3) is 0.429. The molecule has 5 rings (SSSR count). The third kappa shape index (κ3) is 2.73. The molecule has 3 aromatic rings. The summed E-state index contributed by atoms with van der Waals surface area (Å²) in [6.45, 7) is 1.84. The van der Waals surface area contributed by atoms with Crippen LogP contribution in [0.3, 0.4) is 0 Å². The fourth-order valence-corrected chi connectivity index (χ4v) is 4.59. The van der Waals surface area contributed by atoms with E-state index in [1.165, 1.54) is 0 Å². The molecule has 4 heterocycles. The van der Waals surface area contributed by atoms with Crippen molar-refractivity contribution >= 4 is 16.8 Å². The first kappa shape index (κ1) is 17.4. The number of phenols is 1. The maximum atomic E-state index is 14.8. The Labute approximate surface area is 162 Å². The fourth-order valence-electron chi connectivity index (χ4n) is 4.59. The number of halogens is 1. The van der Waals surface area contributed by atoms with E-state index >= 15 is 0 Å². The van der Waals surface area contributed by atoms with Crippen LogP contribution in [0.2, 0.25) is 0 Å². The summed E-state index contributed by atoms with van der Waals surface area (Å²) in [4.78, 5) is 10.9. The topological polar surface area (TPSA) is 74.4 Å². The molecule has 2 unspecified atom stereocenters. The van der Waals surface area contributed by atoms with Gasteiger partial charge in [-0.1, -0.05) is 0 Å². The molecule has 0 aliphatic carbocycles. The summed E-state index contributed by atoms with van der Waals surface area (Å²) in [5, 5.41) is 14.6. The lowest BCUT2D eigenvalue weighted by Crippen LogP contribution is -2.55. The van der Waals surface area contributed by atoms with Crippen molar-refractivity contribution in [2.24, 2.45) is 0 Å². The first-order valence-electron chi connectivity index (χ1n) is 9.69. The number of aromatic nitrogens is 2. The lowest BCUT2D eigenvalue weighted by Gasteiger charge is -2.38. The van der Waals surface area contributed by atoms with Gasteiger partial charge in [0.05, 0.1) is 29.5 Å². The molecular weight excluding hydrogens is 359 g/mol. The molecule has 2 N–H and O–H groups in total. The van der Waals surface area contributed by atoms with Crippen LogP contribution < -0.4 is 10.2 Å². The molecule has 0 saturated carbocycles.